The third kappa shape index (κ3) is 3.58. The fraction of sp³-hybridized carbons (Fsp3) is 0.545. The van der Waals surface area contributed by atoms with Crippen LogP contribution in [0.2, 0.25) is 0 Å². The summed E-state index contributed by atoms with van der Waals surface area (Å²) in [5.74, 6) is 1.57. The van der Waals surface area contributed by atoms with Gasteiger partial charge in [-0.1, -0.05) is 24.6 Å². The molecule has 0 aliphatic heterocycles. The van der Waals surface area contributed by atoms with Gasteiger partial charge in [-0.3, -0.25) is 4.79 Å². The van der Waals surface area contributed by atoms with E-state index in [2.05, 4.69) is 10.4 Å². The third-order valence-corrected chi connectivity index (χ3v) is 6.69. The van der Waals surface area contributed by atoms with E-state index < -0.39 is 0 Å². The van der Waals surface area contributed by atoms with Gasteiger partial charge >= 0.3 is 0 Å². The normalized spacial score (nSPS) is 29.0. The minimum absolute atomic E-state index is 0. The molecule has 3 saturated carbocycles. The molecule has 0 saturated heterocycles. The van der Waals surface area contributed by atoms with Crippen molar-refractivity contribution in [1.29, 1.82) is 0 Å². The number of amides is 1. The number of halogens is 1. The van der Waals surface area contributed by atoms with Crippen molar-refractivity contribution in [3.05, 3.63) is 47.8 Å². The van der Waals surface area contributed by atoms with Gasteiger partial charge in [0.15, 0.2) is 0 Å². The zero-order valence-corrected chi connectivity index (χ0v) is 16.9. The Morgan fingerprint density at radius 2 is 1.75 bits per heavy atom. The van der Waals surface area contributed by atoms with Crippen LogP contribution in [-0.4, -0.2) is 27.8 Å². The van der Waals surface area contributed by atoms with Crippen molar-refractivity contribution in [1.82, 2.24) is 15.1 Å². The molecule has 3 N–H and O–H groups in total. The van der Waals surface area contributed by atoms with E-state index in [-0.39, 0.29) is 24.4 Å². The molecule has 0 spiro atoms. The van der Waals surface area contributed by atoms with E-state index >= 15 is 0 Å². The molecule has 1 heterocycles. The molecule has 2 unspecified atom stereocenters. The van der Waals surface area contributed by atoms with E-state index in [1.165, 1.54) is 19.3 Å². The Hall–Kier alpha value is -1.85. The SMILES string of the molecule is Cl.NC1CC2CCCC(C1)C2NC(=O)c1cnn(-c2ccccc2)c1C1CC1. The predicted octanol–water partition coefficient (Wildman–Crippen LogP) is 3.81. The molecule has 1 aromatic carbocycles. The summed E-state index contributed by atoms with van der Waals surface area (Å²) in [4.78, 5) is 13.2. The summed E-state index contributed by atoms with van der Waals surface area (Å²) in [6, 6.07) is 10.7. The second kappa shape index (κ2) is 7.88. The van der Waals surface area contributed by atoms with Crippen LogP contribution in [0.25, 0.3) is 5.69 Å². The number of carbonyl (C=O) groups is 1. The fourth-order valence-electron chi connectivity index (χ4n) is 5.31. The third-order valence-electron chi connectivity index (χ3n) is 6.69. The lowest BCUT2D eigenvalue weighted by Crippen LogP contribution is -2.53. The van der Waals surface area contributed by atoms with Gasteiger partial charge in [0, 0.05) is 18.0 Å². The van der Waals surface area contributed by atoms with Crippen LogP contribution in [0.15, 0.2) is 36.5 Å². The van der Waals surface area contributed by atoms with E-state index in [0.717, 1.165) is 42.6 Å². The monoisotopic (exact) mass is 400 g/mol. The number of carbonyl (C=O) groups excluding carboxylic acids is 1. The summed E-state index contributed by atoms with van der Waals surface area (Å²) in [5.41, 5.74) is 9.11. The highest BCUT2D eigenvalue weighted by atomic mass is 35.5. The highest BCUT2D eigenvalue weighted by molar-refractivity contribution is 5.95. The van der Waals surface area contributed by atoms with Crippen LogP contribution in [0.4, 0.5) is 0 Å². The lowest BCUT2D eigenvalue weighted by Gasteiger charge is -2.45. The van der Waals surface area contributed by atoms with Gasteiger partial charge in [-0.2, -0.15) is 5.10 Å². The number of aromatic nitrogens is 2. The number of hydrogen-bond donors (Lipinski definition) is 2. The van der Waals surface area contributed by atoms with Crippen LogP contribution in [0, 0.1) is 11.8 Å². The predicted molar refractivity (Wildman–Crippen MR) is 112 cm³/mol. The van der Waals surface area contributed by atoms with Crippen LogP contribution in [0.5, 0.6) is 0 Å². The number of hydrogen-bond acceptors (Lipinski definition) is 3. The molecule has 5 rings (SSSR count). The van der Waals surface area contributed by atoms with E-state index in [1.807, 2.05) is 35.0 Å². The number of nitrogens with one attached hydrogen (secondary N) is 1. The first-order chi connectivity index (χ1) is 13.2. The zero-order valence-electron chi connectivity index (χ0n) is 16.1. The molecule has 2 aromatic rings. The number of para-hydroxylation sites is 1. The standard InChI is InChI=1S/C22H28N4O.ClH/c23-17-11-15-5-4-6-16(12-17)20(15)25-22(27)19-13-24-26(21(19)14-9-10-14)18-7-2-1-3-8-18;/h1-3,7-8,13-17,20H,4-6,9-12,23H2,(H,25,27);1H. The van der Waals surface area contributed by atoms with Crippen LogP contribution in [-0.2, 0) is 0 Å². The van der Waals surface area contributed by atoms with Crippen molar-refractivity contribution < 1.29 is 4.79 Å². The number of rotatable bonds is 4. The molecular formula is C22H29ClN4O. The maximum absolute atomic E-state index is 13.2. The minimum Gasteiger partial charge on any atom is -0.349 e. The molecule has 1 amide bonds. The molecule has 3 fully saturated rings. The molecule has 0 radical (unpaired) electrons. The Bertz CT molecular complexity index is 818. The summed E-state index contributed by atoms with van der Waals surface area (Å²) in [7, 11) is 0. The Kier molecular flexibility index (Phi) is 5.48. The van der Waals surface area contributed by atoms with Gasteiger partial charge in [-0.25, -0.2) is 4.68 Å². The van der Waals surface area contributed by atoms with E-state index in [0.29, 0.717) is 23.8 Å². The average Bonchev–Trinajstić information content (AvgIpc) is 3.41. The molecule has 5 nitrogen and oxygen atoms in total. The van der Waals surface area contributed by atoms with Gasteiger partial charge in [0.1, 0.15) is 0 Å². The van der Waals surface area contributed by atoms with Crippen molar-refractivity contribution in [3.8, 4) is 5.69 Å². The number of benzene rings is 1. The molecule has 28 heavy (non-hydrogen) atoms. The average molecular weight is 401 g/mol. The molecule has 1 aromatic heterocycles. The van der Waals surface area contributed by atoms with Crippen molar-refractivity contribution in [2.75, 3.05) is 0 Å². The Balaban J connectivity index is 0.00000192. The first-order valence-corrected chi connectivity index (χ1v) is 10.4. The Labute approximate surface area is 172 Å². The highest BCUT2D eigenvalue weighted by Gasteiger charge is 2.41. The second-order valence-electron chi connectivity index (χ2n) is 8.65. The summed E-state index contributed by atoms with van der Waals surface area (Å²) in [6.45, 7) is 0. The molecular weight excluding hydrogens is 372 g/mol. The first kappa shape index (κ1) is 19.5. The summed E-state index contributed by atoms with van der Waals surface area (Å²) in [5, 5.41) is 7.98. The lowest BCUT2D eigenvalue weighted by atomic mass is 9.67. The highest BCUT2D eigenvalue weighted by Crippen LogP contribution is 2.43. The van der Waals surface area contributed by atoms with Gasteiger partial charge < -0.3 is 11.1 Å². The molecule has 2 atom stereocenters. The van der Waals surface area contributed by atoms with Crippen molar-refractivity contribution in [2.24, 2.45) is 17.6 Å². The van der Waals surface area contributed by atoms with Crippen molar-refractivity contribution in [3.63, 3.8) is 0 Å². The van der Waals surface area contributed by atoms with Gasteiger partial charge in [0.25, 0.3) is 5.91 Å². The topological polar surface area (TPSA) is 72.9 Å². The number of fused-ring (bicyclic) bond motifs is 2. The first-order valence-electron chi connectivity index (χ1n) is 10.4. The van der Waals surface area contributed by atoms with Crippen LogP contribution in [0.1, 0.15) is 66.9 Å². The van der Waals surface area contributed by atoms with E-state index in [9.17, 15) is 4.79 Å². The quantitative estimate of drug-likeness (QED) is 0.819. The largest absolute Gasteiger partial charge is 0.349 e. The summed E-state index contributed by atoms with van der Waals surface area (Å²) in [6.07, 6.45) is 9.78. The fourth-order valence-corrected chi connectivity index (χ4v) is 5.31. The Morgan fingerprint density at radius 3 is 2.39 bits per heavy atom. The molecule has 2 bridgehead atoms. The maximum Gasteiger partial charge on any atom is 0.255 e. The zero-order chi connectivity index (χ0) is 18.4. The lowest BCUT2D eigenvalue weighted by molar-refractivity contribution is 0.0755. The van der Waals surface area contributed by atoms with Crippen LogP contribution >= 0.6 is 12.4 Å². The minimum atomic E-state index is 0. The molecule has 150 valence electrons. The molecule has 3 aliphatic carbocycles. The summed E-state index contributed by atoms with van der Waals surface area (Å²) < 4.78 is 1.96. The maximum atomic E-state index is 13.2. The molecule has 6 heteroatoms. The Morgan fingerprint density at radius 1 is 1.07 bits per heavy atom. The van der Waals surface area contributed by atoms with Gasteiger partial charge in [0.2, 0.25) is 0 Å². The van der Waals surface area contributed by atoms with Crippen molar-refractivity contribution >= 4 is 18.3 Å². The van der Waals surface area contributed by atoms with E-state index in [4.69, 9.17) is 5.73 Å². The second-order valence-corrected chi connectivity index (χ2v) is 8.65. The van der Waals surface area contributed by atoms with Crippen LogP contribution < -0.4 is 11.1 Å². The van der Waals surface area contributed by atoms with Gasteiger partial charge in [-0.05, 0) is 62.5 Å². The molecule has 3 aliphatic rings. The van der Waals surface area contributed by atoms with E-state index in [1.54, 1.807) is 6.20 Å². The van der Waals surface area contributed by atoms with Gasteiger partial charge in [0.05, 0.1) is 23.1 Å². The number of nitrogens with two attached hydrogens (primary N) is 1. The smallest absolute Gasteiger partial charge is 0.255 e. The van der Waals surface area contributed by atoms with Crippen molar-refractivity contribution in [2.45, 2.75) is 62.9 Å². The number of nitrogens with zero attached hydrogens (tertiary/aromatic N) is 2. The summed E-state index contributed by atoms with van der Waals surface area (Å²) >= 11 is 0. The van der Waals surface area contributed by atoms with Crippen LogP contribution in [0.3, 0.4) is 0 Å². The van der Waals surface area contributed by atoms with Gasteiger partial charge in [-0.15, -0.1) is 12.4 Å².